The molecule has 3 aromatic rings. The molecule has 2 unspecified atom stereocenters. The summed E-state index contributed by atoms with van der Waals surface area (Å²) in [4.78, 5) is 12.1. The zero-order valence-electron chi connectivity index (χ0n) is 20.2. The maximum absolute atomic E-state index is 14.5. The molecule has 3 aromatic carbocycles. The number of nitrogen functional groups attached to an aromatic ring is 1. The first-order valence-corrected chi connectivity index (χ1v) is 13.4. The summed E-state index contributed by atoms with van der Waals surface area (Å²) in [6, 6.07) is 22.6. The van der Waals surface area contributed by atoms with E-state index in [0.29, 0.717) is 23.2 Å². The van der Waals surface area contributed by atoms with E-state index in [0.717, 1.165) is 5.56 Å². The van der Waals surface area contributed by atoms with Crippen molar-refractivity contribution in [3.63, 3.8) is 0 Å². The van der Waals surface area contributed by atoms with Crippen molar-refractivity contribution in [2.75, 3.05) is 5.73 Å². The largest absolute Gasteiger partial charge is 0.439 e. The standard InChI is InChI=1S/C28H30N2O5S/c1-18(2)15-20-16-22(29)13-14-23(20)36(33,34)27(21-11-7-4-8-12-21)24-26(28(24,27)32,35-25(30)31)17-19-9-5-3-6-10-19/h3-14,16,18,24,32H,15,17,29H2,1-2H3,(H2,30,31)/t24?,26-,27?,28+/m0/s1. The average molecular weight is 507 g/mol. The third-order valence-corrected chi connectivity index (χ3v) is 10.2. The van der Waals surface area contributed by atoms with Crippen molar-refractivity contribution in [3.05, 3.63) is 95.6 Å². The Morgan fingerprint density at radius 1 is 1.03 bits per heavy atom. The summed E-state index contributed by atoms with van der Waals surface area (Å²) in [5.74, 6) is -0.706. The minimum absolute atomic E-state index is 0.127. The molecule has 2 fully saturated rings. The van der Waals surface area contributed by atoms with E-state index < -0.39 is 37.8 Å². The molecule has 188 valence electrons. The number of rotatable bonds is 8. The number of amides is 1. The highest BCUT2D eigenvalue weighted by molar-refractivity contribution is 7.93. The van der Waals surface area contributed by atoms with Gasteiger partial charge in [0.05, 0.1) is 10.8 Å². The van der Waals surface area contributed by atoms with Crippen molar-refractivity contribution < 1.29 is 23.1 Å². The quantitative estimate of drug-likeness (QED) is 0.400. The van der Waals surface area contributed by atoms with Crippen molar-refractivity contribution in [1.29, 1.82) is 0 Å². The van der Waals surface area contributed by atoms with Crippen LogP contribution in [0.25, 0.3) is 0 Å². The Morgan fingerprint density at radius 3 is 2.17 bits per heavy atom. The number of primary amides is 1. The Morgan fingerprint density at radius 2 is 1.61 bits per heavy atom. The minimum Gasteiger partial charge on any atom is -0.439 e. The molecule has 0 bridgehead atoms. The zero-order valence-corrected chi connectivity index (χ0v) is 21.0. The van der Waals surface area contributed by atoms with Crippen molar-refractivity contribution in [2.45, 2.75) is 47.5 Å². The summed E-state index contributed by atoms with van der Waals surface area (Å²) in [6.07, 6.45) is -0.415. The molecule has 0 spiro atoms. The molecule has 5 N–H and O–H groups in total. The van der Waals surface area contributed by atoms with Crippen LogP contribution in [-0.2, 0) is 32.2 Å². The van der Waals surface area contributed by atoms with Gasteiger partial charge in [0.25, 0.3) is 0 Å². The number of aliphatic hydroxyl groups is 1. The Labute approximate surface area is 211 Å². The molecule has 36 heavy (non-hydrogen) atoms. The second kappa shape index (κ2) is 8.08. The van der Waals surface area contributed by atoms with Gasteiger partial charge < -0.3 is 21.3 Å². The molecule has 0 aromatic heterocycles. The van der Waals surface area contributed by atoms with Crippen molar-refractivity contribution in [3.8, 4) is 0 Å². The van der Waals surface area contributed by atoms with Gasteiger partial charge in [0.2, 0.25) is 0 Å². The molecule has 2 saturated carbocycles. The van der Waals surface area contributed by atoms with E-state index in [2.05, 4.69) is 0 Å². The normalized spacial score (nSPS) is 28.4. The first kappa shape index (κ1) is 24.3. The fraction of sp³-hybridized carbons (Fsp3) is 0.321. The lowest BCUT2D eigenvalue weighted by Crippen LogP contribution is -2.52. The average Bonchev–Trinajstić information content (AvgIpc) is 3.60. The molecule has 0 saturated heterocycles. The van der Waals surface area contributed by atoms with E-state index in [1.807, 2.05) is 44.2 Å². The molecule has 5 rings (SSSR count). The highest BCUT2D eigenvalue weighted by Gasteiger charge is 3.10. The number of anilines is 1. The van der Waals surface area contributed by atoms with Crippen LogP contribution in [0.5, 0.6) is 0 Å². The van der Waals surface area contributed by atoms with E-state index in [1.54, 1.807) is 42.5 Å². The second-order valence-corrected chi connectivity index (χ2v) is 12.3. The summed E-state index contributed by atoms with van der Waals surface area (Å²) in [7, 11) is -4.17. The van der Waals surface area contributed by atoms with Gasteiger partial charge in [-0.05, 0) is 47.2 Å². The number of ether oxygens (including phenoxy) is 1. The van der Waals surface area contributed by atoms with Gasteiger partial charge in [-0.2, -0.15) is 0 Å². The maximum atomic E-state index is 14.5. The van der Waals surface area contributed by atoms with Gasteiger partial charge in [-0.3, -0.25) is 0 Å². The van der Waals surface area contributed by atoms with E-state index in [-0.39, 0.29) is 17.2 Å². The Balaban J connectivity index is 1.67. The molecule has 1 amide bonds. The SMILES string of the molecule is CC(C)Cc1cc(N)ccc1S(=O)(=O)C1(c2ccccc2)C2[C@](Cc3ccccc3)(OC(N)=O)[C@]21O. The smallest absolute Gasteiger partial charge is 0.405 e. The van der Waals surface area contributed by atoms with Gasteiger partial charge in [-0.1, -0.05) is 74.5 Å². The number of carbonyl (C=O) groups is 1. The number of hydrogen-bond donors (Lipinski definition) is 3. The highest BCUT2D eigenvalue weighted by atomic mass is 32.2. The van der Waals surface area contributed by atoms with E-state index in [4.69, 9.17) is 16.2 Å². The summed E-state index contributed by atoms with van der Waals surface area (Å²) >= 11 is 0. The maximum Gasteiger partial charge on any atom is 0.405 e. The van der Waals surface area contributed by atoms with Crippen LogP contribution in [0, 0.1) is 11.8 Å². The predicted molar refractivity (Wildman–Crippen MR) is 137 cm³/mol. The van der Waals surface area contributed by atoms with Gasteiger partial charge in [-0.15, -0.1) is 0 Å². The van der Waals surface area contributed by atoms with Crippen LogP contribution < -0.4 is 11.5 Å². The Kier molecular flexibility index (Phi) is 5.46. The monoisotopic (exact) mass is 506 g/mol. The summed E-state index contributed by atoms with van der Waals surface area (Å²) in [5.41, 5.74) is 10.4. The first-order chi connectivity index (χ1) is 17.0. The van der Waals surface area contributed by atoms with E-state index in [9.17, 15) is 18.3 Å². The van der Waals surface area contributed by atoms with Crippen LogP contribution in [0.3, 0.4) is 0 Å². The van der Waals surface area contributed by atoms with Crippen LogP contribution in [0.15, 0.2) is 83.8 Å². The van der Waals surface area contributed by atoms with Crippen LogP contribution in [0.4, 0.5) is 10.5 Å². The molecule has 2 aliphatic carbocycles. The van der Waals surface area contributed by atoms with Gasteiger partial charge in [0, 0.05) is 12.1 Å². The number of sulfone groups is 1. The van der Waals surface area contributed by atoms with Gasteiger partial charge in [0.15, 0.2) is 15.4 Å². The lowest BCUT2D eigenvalue weighted by Gasteiger charge is -2.37. The second-order valence-electron chi connectivity index (χ2n) is 10.2. The van der Waals surface area contributed by atoms with Crippen LogP contribution in [-0.4, -0.2) is 30.8 Å². The Bertz CT molecular complexity index is 1430. The predicted octanol–water partition coefficient (Wildman–Crippen LogP) is 3.59. The third-order valence-electron chi connectivity index (χ3n) is 7.56. The van der Waals surface area contributed by atoms with Crippen LogP contribution >= 0.6 is 0 Å². The molecule has 8 heteroatoms. The number of hydrogen-bond acceptors (Lipinski definition) is 6. The van der Waals surface area contributed by atoms with E-state index in [1.165, 1.54) is 6.07 Å². The lowest BCUT2D eigenvalue weighted by atomic mass is 9.87. The first-order valence-electron chi connectivity index (χ1n) is 12.0. The van der Waals surface area contributed by atoms with Gasteiger partial charge in [-0.25, -0.2) is 13.2 Å². The number of carbonyl (C=O) groups excluding carboxylic acids is 1. The van der Waals surface area contributed by atoms with Crippen LogP contribution in [0.2, 0.25) is 0 Å². The molecule has 0 radical (unpaired) electrons. The van der Waals surface area contributed by atoms with Gasteiger partial charge in [0.1, 0.15) is 10.3 Å². The molecule has 4 atom stereocenters. The molecule has 7 nitrogen and oxygen atoms in total. The topological polar surface area (TPSA) is 133 Å². The van der Waals surface area contributed by atoms with Crippen molar-refractivity contribution in [1.82, 2.24) is 0 Å². The summed E-state index contributed by atoms with van der Waals surface area (Å²) in [6.45, 7) is 4.00. The number of nitrogens with two attached hydrogens (primary N) is 2. The van der Waals surface area contributed by atoms with E-state index >= 15 is 0 Å². The fourth-order valence-corrected chi connectivity index (χ4v) is 9.04. The van der Waals surface area contributed by atoms with Crippen molar-refractivity contribution in [2.24, 2.45) is 17.6 Å². The molecular formula is C28H30N2O5S. The summed E-state index contributed by atoms with van der Waals surface area (Å²) in [5, 5.41) is 12.1. The highest BCUT2D eigenvalue weighted by Crippen LogP contribution is 2.90. The van der Waals surface area contributed by atoms with Crippen molar-refractivity contribution >= 4 is 21.6 Å². The lowest BCUT2D eigenvalue weighted by molar-refractivity contribution is -0.0227. The fourth-order valence-electron chi connectivity index (χ4n) is 6.20. The van der Waals surface area contributed by atoms with Gasteiger partial charge >= 0.3 is 6.09 Å². The molecule has 2 aliphatic rings. The number of benzene rings is 3. The zero-order chi connectivity index (χ0) is 25.9. The molecule has 0 aliphatic heterocycles. The molecule has 0 heterocycles. The summed E-state index contributed by atoms with van der Waals surface area (Å²) < 4.78 is 32.9. The third kappa shape index (κ3) is 3.14. The molecular weight excluding hydrogens is 476 g/mol. The number of fused-ring (bicyclic) bond motifs is 1. The van der Waals surface area contributed by atoms with Crippen LogP contribution in [0.1, 0.15) is 30.5 Å². The Hall–Kier alpha value is -3.36. The minimum atomic E-state index is -4.17.